The van der Waals surface area contributed by atoms with E-state index in [4.69, 9.17) is 4.74 Å². The van der Waals surface area contributed by atoms with E-state index in [1.165, 1.54) is 0 Å². The van der Waals surface area contributed by atoms with E-state index in [2.05, 4.69) is 18.8 Å². The van der Waals surface area contributed by atoms with E-state index in [1.807, 2.05) is 48.5 Å². The van der Waals surface area contributed by atoms with Gasteiger partial charge in [-0.2, -0.15) is 0 Å². The van der Waals surface area contributed by atoms with Crippen molar-refractivity contribution in [2.24, 2.45) is 0 Å². The zero-order chi connectivity index (χ0) is 17.9. The quantitative estimate of drug-likeness (QED) is 0.635. The van der Waals surface area contributed by atoms with Crippen molar-refractivity contribution < 1.29 is 9.53 Å². The fourth-order valence-electron chi connectivity index (χ4n) is 2.58. The first-order valence-corrected chi connectivity index (χ1v) is 8.91. The molecule has 0 aliphatic rings. The molecule has 2 rings (SSSR count). The summed E-state index contributed by atoms with van der Waals surface area (Å²) in [6.07, 6.45) is 5.40. The second-order valence-electron chi connectivity index (χ2n) is 6.08. The summed E-state index contributed by atoms with van der Waals surface area (Å²) in [6.45, 7) is 7.17. The molecule has 0 atom stereocenters. The van der Waals surface area contributed by atoms with Crippen LogP contribution in [0.4, 0.5) is 0 Å². The third-order valence-electron chi connectivity index (χ3n) is 4.01. The first-order valence-electron chi connectivity index (χ1n) is 8.91. The fraction of sp³-hybridized carbons (Fsp3) is 0.318. The number of nitrogens with one attached hydrogen (secondary N) is 1. The Kier molecular flexibility index (Phi) is 7.77. The molecule has 1 amide bonds. The summed E-state index contributed by atoms with van der Waals surface area (Å²) in [5.74, 6) is 0.778. The normalized spacial score (nSPS) is 10.3. The average molecular weight is 337 g/mol. The minimum Gasteiger partial charge on any atom is -0.489 e. The summed E-state index contributed by atoms with van der Waals surface area (Å²) in [7, 11) is 0. The highest BCUT2D eigenvalue weighted by Gasteiger charge is 2.10. The monoisotopic (exact) mass is 337 g/mol. The topological polar surface area (TPSA) is 38.3 Å². The zero-order valence-electron chi connectivity index (χ0n) is 15.0. The Balaban J connectivity index is 2.01. The molecular weight excluding hydrogens is 310 g/mol. The molecule has 1 N–H and O–H groups in total. The van der Waals surface area contributed by atoms with Crippen LogP contribution in [0.15, 0.2) is 55.1 Å². The highest BCUT2D eigenvalue weighted by molar-refractivity contribution is 5.79. The summed E-state index contributed by atoms with van der Waals surface area (Å²) in [4.78, 5) is 12.2. The van der Waals surface area contributed by atoms with Gasteiger partial charge >= 0.3 is 0 Å². The summed E-state index contributed by atoms with van der Waals surface area (Å²) >= 11 is 0. The van der Waals surface area contributed by atoms with E-state index in [0.717, 1.165) is 48.2 Å². The van der Waals surface area contributed by atoms with E-state index in [-0.39, 0.29) is 5.91 Å². The predicted molar refractivity (Wildman–Crippen MR) is 104 cm³/mol. The van der Waals surface area contributed by atoms with Gasteiger partial charge in [0, 0.05) is 12.1 Å². The summed E-state index contributed by atoms with van der Waals surface area (Å²) < 4.78 is 5.95. The van der Waals surface area contributed by atoms with Crippen LogP contribution in [0.5, 0.6) is 5.75 Å². The standard InChI is InChI=1S/C22H27NO2/c1-3-5-9-14-23-22(24)16-20-15-18(4-2)12-13-21(20)25-17-19-10-7-6-8-11-19/h4,6-8,10-13,15H,2-3,5,9,14,16-17H2,1H3,(H,23,24). The minimum atomic E-state index is 0.0295. The lowest BCUT2D eigenvalue weighted by molar-refractivity contribution is -0.120. The van der Waals surface area contributed by atoms with E-state index in [9.17, 15) is 4.79 Å². The second-order valence-corrected chi connectivity index (χ2v) is 6.08. The molecule has 0 spiro atoms. The highest BCUT2D eigenvalue weighted by atomic mass is 16.5. The number of carbonyl (C=O) groups is 1. The first kappa shape index (κ1) is 18.8. The van der Waals surface area contributed by atoms with E-state index < -0.39 is 0 Å². The molecule has 0 aliphatic carbocycles. The van der Waals surface area contributed by atoms with Crippen molar-refractivity contribution >= 4 is 12.0 Å². The maximum atomic E-state index is 12.2. The number of carbonyl (C=O) groups excluding carboxylic acids is 1. The van der Waals surface area contributed by atoms with Crippen LogP contribution in [-0.2, 0) is 17.8 Å². The summed E-state index contributed by atoms with van der Waals surface area (Å²) in [5.41, 5.74) is 2.98. The molecule has 0 unspecified atom stereocenters. The van der Waals surface area contributed by atoms with Crippen LogP contribution in [0.2, 0.25) is 0 Å². The fourth-order valence-corrected chi connectivity index (χ4v) is 2.58. The average Bonchev–Trinajstić information content (AvgIpc) is 2.65. The van der Waals surface area contributed by atoms with E-state index >= 15 is 0 Å². The van der Waals surface area contributed by atoms with Crippen molar-refractivity contribution in [3.63, 3.8) is 0 Å². The van der Waals surface area contributed by atoms with Crippen LogP contribution >= 0.6 is 0 Å². The third kappa shape index (κ3) is 6.46. The van der Waals surface area contributed by atoms with Gasteiger partial charge in [0.15, 0.2) is 0 Å². The Bertz CT molecular complexity index is 680. The van der Waals surface area contributed by atoms with Crippen molar-refractivity contribution in [1.29, 1.82) is 0 Å². The summed E-state index contributed by atoms with van der Waals surface area (Å²) in [5, 5.41) is 2.98. The highest BCUT2D eigenvalue weighted by Crippen LogP contribution is 2.23. The lowest BCUT2D eigenvalue weighted by Crippen LogP contribution is -2.26. The number of ether oxygens (including phenoxy) is 1. The molecule has 0 fully saturated rings. The first-order chi connectivity index (χ1) is 12.2. The van der Waals surface area contributed by atoms with Crippen LogP contribution < -0.4 is 10.1 Å². The van der Waals surface area contributed by atoms with Gasteiger partial charge in [-0.1, -0.05) is 68.8 Å². The van der Waals surface area contributed by atoms with Crippen molar-refractivity contribution in [1.82, 2.24) is 5.32 Å². The number of unbranched alkanes of at least 4 members (excludes halogenated alkanes) is 2. The molecule has 0 saturated carbocycles. The smallest absolute Gasteiger partial charge is 0.224 e. The van der Waals surface area contributed by atoms with Crippen molar-refractivity contribution in [3.05, 3.63) is 71.8 Å². The minimum absolute atomic E-state index is 0.0295. The van der Waals surface area contributed by atoms with Crippen LogP contribution in [0.1, 0.15) is 42.9 Å². The molecule has 3 nitrogen and oxygen atoms in total. The molecule has 2 aromatic carbocycles. The Morgan fingerprint density at radius 3 is 2.68 bits per heavy atom. The van der Waals surface area contributed by atoms with Gasteiger partial charge in [0.05, 0.1) is 6.42 Å². The van der Waals surface area contributed by atoms with Gasteiger partial charge in [0.2, 0.25) is 5.91 Å². The largest absolute Gasteiger partial charge is 0.489 e. The van der Waals surface area contributed by atoms with Gasteiger partial charge in [0.25, 0.3) is 0 Å². The molecule has 0 radical (unpaired) electrons. The lowest BCUT2D eigenvalue weighted by atomic mass is 10.1. The number of benzene rings is 2. The maximum Gasteiger partial charge on any atom is 0.224 e. The molecule has 25 heavy (non-hydrogen) atoms. The number of rotatable bonds is 10. The SMILES string of the molecule is C=Cc1ccc(OCc2ccccc2)c(CC(=O)NCCCCC)c1. The van der Waals surface area contributed by atoms with Crippen LogP contribution in [0, 0.1) is 0 Å². The van der Waals surface area contributed by atoms with Gasteiger partial charge < -0.3 is 10.1 Å². The Hall–Kier alpha value is -2.55. The van der Waals surface area contributed by atoms with Crippen LogP contribution in [0.3, 0.4) is 0 Å². The van der Waals surface area contributed by atoms with Gasteiger partial charge in [-0.25, -0.2) is 0 Å². The van der Waals surface area contributed by atoms with Crippen LogP contribution in [0.25, 0.3) is 6.08 Å². The van der Waals surface area contributed by atoms with Crippen molar-refractivity contribution in [2.75, 3.05) is 6.54 Å². The Morgan fingerprint density at radius 2 is 1.96 bits per heavy atom. The molecule has 0 heterocycles. The van der Waals surface area contributed by atoms with E-state index in [0.29, 0.717) is 13.0 Å². The molecule has 0 aliphatic heterocycles. The molecule has 0 bridgehead atoms. The van der Waals surface area contributed by atoms with Crippen molar-refractivity contribution in [2.45, 2.75) is 39.2 Å². The molecule has 3 heteroatoms. The Morgan fingerprint density at radius 1 is 1.16 bits per heavy atom. The lowest BCUT2D eigenvalue weighted by Gasteiger charge is -2.13. The maximum absolute atomic E-state index is 12.2. The molecule has 0 saturated heterocycles. The molecular formula is C22H27NO2. The van der Waals surface area contributed by atoms with E-state index in [1.54, 1.807) is 6.08 Å². The number of hydrogen-bond acceptors (Lipinski definition) is 2. The Labute approximate surface area is 150 Å². The molecule has 2 aromatic rings. The van der Waals surface area contributed by atoms with Crippen LogP contribution in [-0.4, -0.2) is 12.5 Å². The van der Waals surface area contributed by atoms with Crippen molar-refractivity contribution in [3.8, 4) is 5.75 Å². The third-order valence-corrected chi connectivity index (χ3v) is 4.01. The van der Waals surface area contributed by atoms with Gasteiger partial charge in [0.1, 0.15) is 12.4 Å². The summed E-state index contributed by atoms with van der Waals surface area (Å²) in [6, 6.07) is 15.9. The van der Waals surface area contributed by atoms with Gasteiger partial charge in [-0.3, -0.25) is 4.79 Å². The van der Waals surface area contributed by atoms with Gasteiger partial charge in [-0.15, -0.1) is 0 Å². The number of amides is 1. The zero-order valence-corrected chi connectivity index (χ0v) is 15.0. The number of hydrogen-bond donors (Lipinski definition) is 1. The predicted octanol–water partition coefficient (Wildman–Crippen LogP) is 4.76. The second kappa shape index (κ2) is 10.3. The van der Waals surface area contributed by atoms with Gasteiger partial charge in [-0.05, 0) is 29.7 Å². The molecule has 0 aromatic heterocycles. The molecule has 132 valence electrons.